The van der Waals surface area contributed by atoms with Crippen molar-refractivity contribution in [3.8, 4) is 16.3 Å². The maximum Gasteiger partial charge on any atom is 0.335 e. The summed E-state index contributed by atoms with van der Waals surface area (Å²) in [6.45, 7) is 5.38. The molecule has 0 radical (unpaired) electrons. The molecule has 3 aromatic rings. The standard InChI is InChI=1S/C17H13NO2S/c1-3-16(19)20-14-10-11(2)8-9-12(14)17-18-13-6-4-5-7-15(13)21-17/h3-10H,1H2,2H3. The van der Waals surface area contributed by atoms with Crippen LogP contribution in [0.2, 0.25) is 0 Å². The Labute approximate surface area is 126 Å². The number of nitrogens with zero attached hydrogens (tertiary/aromatic N) is 1. The minimum atomic E-state index is -0.469. The van der Waals surface area contributed by atoms with E-state index in [4.69, 9.17) is 4.74 Å². The molecule has 0 saturated carbocycles. The van der Waals surface area contributed by atoms with Crippen molar-refractivity contribution in [2.45, 2.75) is 6.92 Å². The molecule has 3 rings (SSSR count). The van der Waals surface area contributed by atoms with E-state index in [9.17, 15) is 4.79 Å². The second kappa shape index (κ2) is 5.50. The molecule has 0 N–H and O–H groups in total. The normalized spacial score (nSPS) is 10.5. The van der Waals surface area contributed by atoms with Crippen molar-refractivity contribution >= 4 is 27.5 Å². The number of rotatable bonds is 3. The van der Waals surface area contributed by atoms with Crippen molar-refractivity contribution < 1.29 is 9.53 Å². The Hall–Kier alpha value is -2.46. The highest BCUT2D eigenvalue weighted by Crippen LogP contribution is 2.36. The number of carbonyl (C=O) groups excluding carboxylic acids is 1. The number of benzene rings is 2. The summed E-state index contributed by atoms with van der Waals surface area (Å²) in [6, 6.07) is 13.7. The largest absolute Gasteiger partial charge is 0.423 e. The summed E-state index contributed by atoms with van der Waals surface area (Å²) in [4.78, 5) is 16.1. The van der Waals surface area contributed by atoms with Crippen LogP contribution in [0.4, 0.5) is 0 Å². The first kappa shape index (κ1) is 13.5. The number of aryl methyl sites for hydroxylation is 1. The Morgan fingerprint density at radius 3 is 2.86 bits per heavy atom. The topological polar surface area (TPSA) is 39.2 Å². The summed E-state index contributed by atoms with van der Waals surface area (Å²) in [7, 11) is 0. The highest BCUT2D eigenvalue weighted by Gasteiger charge is 2.13. The van der Waals surface area contributed by atoms with Crippen LogP contribution in [0, 0.1) is 6.92 Å². The van der Waals surface area contributed by atoms with Crippen LogP contribution in [0.1, 0.15) is 5.56 Å². The molecule has 0 aliphatic rings. The average Bonchev–Trinajstić information content (AvgIpc) is 2.90. The number of esters is 1. The summed E-state index contributed by atoms with van der Waals surface area (Å²) >= 11 is 1.58. The minimum Gasteiger partial charge on any atom is -0.423 e. The van der Waals surface area contributed by atoms with Gasteiger partial charge in [0.15, 0.2) is 0 Å². The van der Waals surface area contributed by atoms with Crippen molar-refractivity contribution in [2.75, 3.05) is 0 Å². The van der Waals surface area contributed by atoms with Crippen molar-refractivity contribution in [1.82, 2.24) is 4.98 Å². The Morgan fingerprint density at radius 2 is 2.10 bits per heavy atom. The summed E-state index contributed by atoms with van der Waals surface area (Å²) in [5.74, 6) is 0.0434. The lowest BCUT2D eigenvalue weighted by Crippen LogP contribution is -2.04. The molecule has 0 fully saturated rings. The number of hydrogen-bond donors (Lipinski definition) is 0. The van der Waals surface area contributed by atoms with Gasteiger partial charge in [-0.2, -0.15) is 0 Å². The third-order valence-electron chi connectivity index (χ3n) is 3.04. The predicted molar refractivity (Wildman–Crippen MR) is 85.6 cm³/mol. The number of hydrogen-bond acceptors (Lipinski definition) is 4. The minimum absolute atomic E-state index is 0.469. The molecule has 21 heavy (non-hydrogen) atoms. The van der Waals surface area contributed by atoms with Crippen LogP contribution < -0.4 is 4.74 Å². The molecule has 0 unspecified atom stereocenters. The monoisotopic (exact) mass is 295 g/mol. The summed E-state index contributed by atoms with van der Waals surface area (Å²) in [5.41, 5.74) is 2.78. The predicted octanol–water partition coefficient (Wildman–Crippen LogP) is 4.36. The molecule has 0 aliphatic carbocycles. The van der Waals surface area contributed by atoms with Gasteiger partial charge >= 0.3 is 5.97 Å². The number of fused-ring (bicyclic) bond motifs is 1. The lowest BCUT2D eigenvalue weighted by molar-refractivity contribution is -0.128. The molecule has 0 amide bonds. The third kappa shape index (κ3) is 2.71. The van der Waals surface area contributed by atoms with E-state index in [2.05, 4.69) is 11.6 Å². The molecule has 0 atom stereocenters. The number of carbonyl (C=O) groups is 1. The Balaban J connectivity index is 2.12. The second-order valence-corrected chi connectivity index (χ2v) is 5.64. The SMILES string of the molecule is C=CC(=O)Oc1cc(C)ccc1-c1nc2ccccc2s1. The van der Waals surface area contributed by atoms with E-state index in [1.165, 1.54) is 0 Å². The van der Waals surface area contributed by atoms with Gasteiger partial charge in [-0.25, -0.2) is 9.78 Å². The zero-order chi connectivity index (χ0) is 14.8. The molecule has 0 spiro atoms. The zero-order valence-electron chi connectivity index (χ0n) is 11.5. The molecule has 1 heterocycles. The van der Waals surface area contributed by atoms with E-state index in [0.717, 1.165) is 32.4 Å². The molecule has 1 aromatic heterocycles. The van der Waals surface area contributed by atoms with Gasteiger partial charge in [0.25, 0.3) is 0 Å². The van der Waals surface area contributed by atoms with Crippen LogP contribution in [-0.4, -0.2) is 11.0 Å². The Kier molecular flexibility index (Phi) is 3.54. The van der Waals surface area contributed by atoms with Gasteiger partial charge in [0, 0.05) is 6.08 Å². The highest BCUT2D eigenvalue weighted by molar-refractivity contribution is 7.21. The first-order valence-corrected chi connectivity index (χ1v) is 7.30. The van der Waals surface area contributed by atoms with Gasteiger partial charge < -0.3 is 4.74 Å². The second-order valence-electron chi connectivity index (χ2n) is 4.61. The van der Waals surface area contributed by atoms with Crippen molar-refractivity contribution in [3.05, 3.63) is 60.7 Å². The molecule has 0 saturated heterocycles. The Morgan fingerprint density at radius 1 is 1.29 bits per heavy atom. The fraction of sp³-hybridized carbons (Fsp3) is 0.0588. The fourth-order valence-corrected chi connectivity index (χ4v) is 3.02. The van der Waals surface area contributed by atoms with Gasteiger partial charge in [0.1, 0.15) is 10.8 Å². The van der Waals surface area contributed by atoms with Gasteiger partial charge in [-0.05, 0) is 36.8 Å². The maximum atomic E-state index is 11.5. The molecular weight excluding hydrogens is 282 g/mol. The summed E-state index contributed by atoms with van der Waals surface area (Å²) < 4.78 is 6.44. The number of aromatic nitrogens is 1. The van der Waals surface area contributed by atoms with Crippen LogP contribution in [0.5, 0.6) is 5.75 Å². The molecule has 4 heteroatoms. The quantitative estimate of drug-likeness (QED) is 0.409. The molecular formula is C17H13NO2S. The first-order valence-electron chi connectivity index (χ1n) is 6.48. The van der Waals surface area contributed by atoms with Crippen LogP contribution in [0.25, 0.3) is 20.8 Å². The van der Waals surface area contributed by atoms with E-state index in [-0.39, 0.29) is 0 Å². The van der Waals surface area contributed by atoms with E-state index in [0.29, 0.717) is 5.75 Å². The average molecular weight is 295 g/mol. The van der Waals surface area contributed by atoms with E-state index in [1.54, 1.807) is 11.3 Å². The van der Waals surface area contributed by atoms with Gasteiger partial charge in [-0.3, -0.25) is 0 Å². The fourth-order valence-electron chi connectivity index (χ4n) is 2.03. The van der Waals surface area contributed by atoms with E-state index in [1.807, 2.05) is 49.4 Å². The number of thiazole rings is 1. The van der Waals surface area contributed by atoms with Gasteiger partial charge in [0.2, 0.25) is 0 Å². The van der Waals surface area contributed by atoms with Crippen molar-refractivity contribution in [1.29, 1.82) is 0 Å². The zero-order valence-corrected chi connectivity index (χ0v) is 12.3. The van der Waals surface area contributed by atoms with Crippen LogP contribution in [0.15, 0.2) is 55.1 Å². The van der Waals surface area contributed by atoms with Crippen LogP contribution in [0.3, 0.4) is 0 Å². The third-order valence-corrected chi connectivity index (χ3v) is 4.11. The van der Waals surface area contributed by atoms with E-state index < -0.39 is 5.97 Å². The molecule has 3 nitrogen and oxygen atoms in total. The van der Waals surface area contributed by atoms with Crippen molar-refractivity contribution in [2.24, 2.45) is 0 Å². The molecule has 104 valence electrons. The smallest absolute Gasteiger partial charge is 0.335 e. The molecule has 0 bridgehead atoms. The van der Waals surface area contributed by atoms with Crippen molar-refractivity contribution in [3.63, 3.8) is 0 Å². The molecule has 0 aliphatic heterocycles. The number of para-hydroxylation sites is 1. The van der Waals surface area contributed by atoms with Crippen LogP contribution in [-0.2, 0) is 4.79 Å². The lowest BCUT2D eigenvalue weighted by atomic mass is 10.1. The van der Waals surface area contributed by atoms with Gasteiger partial charge in [-0.1, -0.05) is 24.8 Å². The van der Waals surface area contributed by atoms with Gasteiger partial charge in [0.05, 0.1) is 15.8 Å². The maximum absolute atomic E-state index is 11.5. The number of ether oxygens (including phenoxy) is 1. The summed E-state index contributed by atoms with van der Waals surface area (Å²) in [5, 5.41) is 0.836. The Bertz CT molecular complexity index is 803. The van der Waals surface area contributed by atoms with E-state index >= 15 is 0 Å². The highest BCUT2D eigenvalue weighted by atomic mass is 32.1. The molecule has 2 aromatic carbocycles. The lowest BCUT2D eigenvalue weighted by Gasteiger charge is -2.07. The van der Waals surface area contributed by atoms with Crippen LogP contribution >= 0.6 is 11.3 Å². The first-order chi connectivity index (χ1) is 10.2. The van der Waals surface area contributed by atoms with Gasteiger partial charge in [-0.15, -0.1) is 11.3 Å². The summed E-state index contributed by atoms with van der Waals surface area (Å²) in [6.07, 6.45) is 1.16.